The van der Waals surface area contributed by atoms with E-state index in [2.05, 4.69) is 96.1 Å². The molecule has 3 nitrogen and oxygen atoms in total. The fourth-order valence-corrected chi connectivity index (χ4v) is 3.67. The van der Waals surface area contributed by atoms with Crippen LogP contribution in [0.2, 0.25) is 0 Å². The van der Waals surface area contributed by atoms with Crippen molar-refractivity contribution in [2.24, 2.45) is 0 Å². The van der Waals surface area contributed by atoms with Crippen LogP contribution in [0, 0.1) is 6.92 Å². The van der Waals surface area contributed by atoms with Gasteiger partial charge in [0.25, 0.3) is 0 Å². The molecule has 1 aromatic heterocycles. The Morgan fingerprint density at radius 3 is 2.26 bits per heavy atom. The molecule has 0 fully saturated rings. The zero-order chi connectivity index (χ0) is 18.2. The van der Waals surface area contributed by atoms with Crippen LogP contribution in [0.15, 0.2) is 84.9 Å². The van der Waals surface area contributed by atoms with Crippen molar-refractivity contribution in [1.29, 1.82) is 0 Å². The highest BCUT2D eigenvalue weighted by atomic mass is 15.4. The van der Waals surface area contributed by atoms with Crippen molar-refractivity contribution in [3.05, 3.63) is 96.1 Å². The summed E-state index contributed by atoms with van der Waals surface area (Å²) in [5, 5.41) is 11.4. The number of aromatic nitrogens is 3. The highest BCUT2D eigenvalue weighted by Gasteiger charge is 2.14. The topological polar surface area (TPSA) is 30.7 Å². The summed E-state index contributed by atoms with van der Waals surface area (Å²) in [6.45, 7) is 2.82. The van der Waals surface area contributed by atoms with Crippen LogP contribution in [-0.2, 0) is 6.54 Å². The monoisotopic (exact) mass is 349 g/mol. The quantitative estimate of drug-likeness (QED) is 0.424. The summed E-state index contributed by atoms with van der Waals surface area (Å²) < 4.78 is 2.01. The number of hydrogen-bond donors (Lipinski definition) is 0. The van der Waals surface area contributed by atoms with E-state index in [1.165, 1.54) is 33.0 Å². The van der Waals surface area contributed by atoms with E-state index >= 15 is 0 Å². The normalized spacial score (nSPS) is 11.3. The van der Waals surface area contributed by atoms with Crippen molar-refractivity contribution in [2.45, 2.75) is 13.5 Å². The largest absolute Gasteiger partial charge is 0.240 e. The molecule has 3 heteroatoms. The number of aryl methyl sites for hydroxylation is 1. The van der Waals surface area contributed by atoms with Gasteiger partial charge in [0.2, 0.25) is 0 Å². The second-order valence-corrected chi connectivity index (χ2v) is 6.94. The highest BCUT2D eigenvalue weighted by molar-refractivity contribution is 6.11. The molecule has 130 valence electrons. The summed E-state index contributed by atoms with van der Waals surface area (Å²) >= 11 is 0. The maximum atomic E-state index is 4.48. The van der Waals surface area contributed by atoms with Gasteiger partial charge in [0.15, 0.2) is 0 Å². The molecular weight excluding hydrogens is 330 g/mol. The van der Waals surface area contributed by atoms with Crippen LogP contribution in [0.25, 0.3) is 32.9 Å². The van der Waals surface area contributed by atoms with Gasteiger partial charge in [-0.1, -0.05) is 89.6 Å². The molecule has 1 heterocycles. The van der Waals surface area contributed by atoms with E-state index in [1.807, 2.05) is 10.7 Å². The first-order chi connectivity index (χ1) is 13.3. The third-order valence-corrected chi connectivity index (χ3v) is 5.05. The lowest BCUT2D eigenvalue weighted by Crippen LogP contribution is -2.02. The minimum absolute atomic E-state index is 0.714. The van der Waals surface area contributed by atoms with Crippen LogP contribution < -0.4 is 0 Å². The zero-order valence-electron chi connectivity index (χ0n) is 15.1. The summed E-state index contributed by atoms with van der Waals surface area (Å²) in [5.74, 6) is 0. The molecule has 27 heavy (non-hydrogen) atoms. The molecule has 0 aliphatic rings. The van der Waals surface area contributed by atoms with Crippen molar-refractivity contribution >= 4 is 21.8 Å². The Labute approximate surface area is 157 Å². The summed E-state index contributed by atoms with van der Waals surface area (Å²) in [4.78, 5) is 0. The molecule has 0 aliphatic heterocycles. The molecule has 0 saturated carbocycles. The van der Waals surface area contributed by atoms with Gasteiger partial charge in [0, 0.05) is 5.39 Å². The summed E-state index contributed by atoms with van der Waals surface area (Å²) in [6, 6.07) is 29.7. The molecule has 0 saturated heterocycles. The maximum absolute atomic E-state index is 4.48. The van der Waals surface area contributed by atoms with Gasteiger partial charge in [-0.05, 0) is 35.1 Å². The molecule has 5 aromatic rings. The Kier molecular flexibility index (Phi) is 3.72. The lowest BCUT2D eigenvalue weighted by molar-refractivity contribution is 0.671. The standard InChI is InChI=1S/C24H19N3/c1-17-11-13-18(14-12-17)16-27-24-21-10-6-5-9-20(21)22(15-23(24)25-26-27)19-7-3-2-4-8-19/h2-15H,16H2,1H3. The summed E-state index contributed by atoms with van der Waals surface area (Å²) in [7, 11) is 0. The van der Waals surface area contributed by atoms with Gasteiger partial charge in [-0.3, -0.25) is 0 Å². The number of hydrogen-bond acceptors (Lipinski definition) is 2. The molecule has 0 amide bonds. The van der Waals surface area contributed by atoms with Crippen molar-refractivity contribution in [1.82, 2.24) is 15.0 Å². The van der Waals surface area contributed by atoms with Gasteiger partial charge in [-0.25, -0.2) is 4.68 Å². The smallest absolute Gasteiger partial charge is 0.114 e. The molecule has 0 bridgehead atoms. The average molecular weight is 349 g/mol. The fourth-order valence-electron chi connectivity index (χ4n) is 3.67. The van der Waals surface area contributed by atoms with E-state index in [1.54, 1.807) is 0 Å². The van der Waals surface area contributed by atoms with Gasteiger partial charge in [-0.2, -0.15) is 0 Å². The molecule has 0 aliphatic carbocycles. The Morgan fingerprint density at radius 1 is 0.778 bits per heavy atom. The van der Waals surface area contributed by atoms with Crippen LogP contribution in [0.5, 0.6) is 0 Å². The van der Waals surface area contributed by atoms with E-state index < -0.39 is 0 Å². The van der Waals surface area contributed by atoms with E-state index in [-0.39, 0.29) is 0 Å². The van der Waals surface area contributed by atoms with Crippen LogP contribution in [0.1, 0.15) is 11.1 Å². The van der Waals surface area contributed by atoms with Gasteiger partial charge < -0.3 is 0 Å². The molecule has 0 radical (unpaired) electrons. The molecule has 0 spiro atoms. The SMILES string of the molecule is Cc1ccc(Cn2nnc3cc(-c4ccccc4)c4ccccc4c32)cc1. The average Bonchev–Trinajstić information content (AvgIpc) is 3.13. The van der Waals surface area contributed by atoms with E-state index in [0.29, 0.717) is 6.54 Å². The van der Waals surface area contributed by atoms with Gasteiger partial charge in [-0.15, -0.1) is 5.10 Å². The predicted molar refractivity (Wildman–Crippen MR) is 111 cm³/mol. The number of rotatable bonds is 3. The third kappa shape index (κ3) is 2.77. The Hall–Kier alpha value is -3.46. The highest BCUT2D eigenvalue weighted by Crippen LogP contribution is 2.34. The van der Waals surface area contributed by atoms with Crippen LogP contribution in [0.4, 0.5) is 0 Å². The molecule has 5 rings (SSSR count). The number of fused-ring (bicyclic) bond motifs is 3. The fraction of sp³-hybridized carbons (Fsp3) is 0.0833. The molecular formula is C24H19N3. The lowest BCUT2D eigenvalue weighted by atomic mass is 9.97. The first kappa shape index (κ1) is 15.8. The van der Waals surface area contributed by atoms with Gasteiger partial charge >= 0.3 is 0 Å². The minimum Gasteiger partial charge on any atom is -0.240 e. The van der Waals surface area contributed by atoms with Crippen molar-refractivity contribution in [2.75, 3.05) is 0 Å². The van der Waals surface area contributed by atoms with E-state index in [4.69, 9.17) is 0 Å². The lowest BCUT2D eigenvalue weighted by Gasteiger charge is -2.10. The van der Waals surface area contributed by atoms with Crippen LogP contribution in [-0.4, -0.2) is 15.0 Å². The Morgan fingerprint density at radius 2 is 1.48 bits per heavy atom. The molecule has 0 unspecified atom stereocenters. The number of benzene rings is 4. The second-order valence-electron chi connectivity index (χ2n) is 6.94. The van der Waals surface area contributed by atoms with E-state index in [0.717, 1.165) is 11.0 Å². The first-order valence-corrected chi connectivity index (χ1v) is 9.15. The van der Waals surface area contributed by atoms with Crippen LogP contribution in [0.3, 0.4) is 0 Å². The number of nitrogens with zero attached hydrogens (tertiary/aromatic N) is 3. The van der Waals surface area contributed by atoms with Gasteiger partial charge in [0.05, 0.1) is 12.1 Å². The Balaban J connectivity index is 1.73. The maximum Gasteiger partial charge on any atom is 0.114 e. The first-order valence-electron chi connectivity index (χ1n) is 9.15. The molecule has 0 N–H and O–H groups in total. The van der Waals surface area contributed by atoms with E-state index in [9.17, 15) is 0 Å². The van der Waals surface area contributed by atoms with Gasteiger partial charge in [0.1, 0.15) is 5.52 Å². The van der Waals surface area contributed by atoms with Crippen molar-refractivity contribution in [3.8, 4) is 11.1 Å². The molecule has 0 atom stereocenters. The summed E-state index contributed by atoms with van der Waals surface area (Å²) in [5.41, 5.74) is 6.90. The van der Waals surface area contributed by atoms with Crippen LogP contribution >= 0.6 is 0 Å². The zero-order valence-corrected chi connectivity index (χ0v) is 15.1. The minimum atomic E-state index is 0.714. The van der Waals surface area contributed by atoms with Crippen molar-refractivity contribution < 1.29 is 0 Å². The van der Waals surface area contributed by atoms with Crippen molar-refractivity contribution in [3.63, 3.8) is 0 Å². The summed E-state index contributed by atoms with van der Waals surface area (Å²) in [6.07, 6.45) is 0. The predicted octanol–water partition coefficient (Wildman–Crippen LogP) is 5.61. The third-order valence-electron chi connectivity index (χ3n) is 5.05. The molecule has 4 aromatic carbocycles. The Bertz CT molecular complexity index is 1240. The second kappa shape index (κ2) is 6.36.